The van der Waals surface area contributed by atoms with E-state index in [1.54, 1.807) is 0 Å². The lowest BCUT2D eigenvalue weighted by molar-refractivity contribution is -0.142. The third-order valence-corrected chi connectivity index (χ3v) is 8.60. The summed E-state index contributed by atoms with van der Waals surface area (Å²) in [6.07, 6.45) is 26.1. The van der Waals surface area contributed by atoms with E-state index in [-0.39, 0.29) is 17.4 Å². The zero-order valence-electron chi connectivity index (χ0n) is 26.0. The topological polar surface area (TPSA) is 86.1 Å². The van der Waals surface area contributed by atoms with Gasteiger partial charge in [0.1, 0.15) is 0 Å². The number of carbonyl (C=O) groups is 1. The molecule has 2 rings (SSSR count). The van der Waals surface area contributed by atoms with E-state index in [9.17, 15) is 9.90 Å². The Hall–Kier alpha value is -1.59. The Balaban J connectivity index is 1.80. The van der Waals surface area contributed by atoms with Gasteiger partial charge in [0.2, 0.25) is 0 Å². The van der Waals surface area contributed by atoms with Gasteiger partial charge in [0.15, 0.2) is 5.96 Å². The second kappa shape index (κ2) is 19.5. The van der Waals surface area contributed by atoms with Gasteiger partial charge in [-0.25, -0.2) is 4.99 Å². The predicted octanol–water partition coefficient (Wildman–Crippen LogP) is 8.29. The van der Waals surface area contributed by atoms with Gasteiger partial charge in [-0.15, -0.1) is 0 Å². The van der Waals surface area contributed by atoms with Crippen molar-refractivity contribution in [2.24, 2.45) is 21.3 Å². The highest BCUT2D eigenvalue weighted by Gasteiger charge is 2.26. The summed E-state index contributed by atoms with van der Waals surface area (Å²) in [5, 5.41) is 17.2. The van der Waals surface area contributed by atoms with Gasteiger partial charge in [0.05, 0.1) is 18.0 Å². The average Bonchev–Trinajstić information content (AvgIpc) is 2.92. The van der Waals surface area contributed by atoms with E-state index in [4.69, 9.17) is 9.98 Å². The minimum absolute atomic E-state index is 0.102. The van der Waals surface area contributed by atoms with Crippen LogP contribution >= 0.6 is 0 Å². The maximum absolute atomic E-state index is 12.0. The van der Waals surface area contributed by atoms with Gasteiger partial charge in [-0.1, -0.05) is 111 Å². The Bertz CT molecular complexity index is 708. The highest BCUT2D eigenvalue weighted by Crippen LogP contribution is 2.28. The number of nitrogens with one attached hydrogen (secondary N) is 2. The van der Waals surface area contributed by atoms with Crippen LogP contribution in [0.25, 0.3) is 0 Å². The number of rotatable bonds is 18. The summed E-state index contributed by atoms with van der Waals surface area (Å²) in [5.41, 5.74) is -0.239. The summed E-state index contributed by atoms with van der Waals surface area (Å²) in [7, 11) is 0. The van der Waals surface area contributed by atoms with Crippen molar-refractivity contribution in [1.82, 2.24) is 10.6 Å². The standard InChI is InChI=1S/C33H62N4O2/c1-5-6-7-8-9-10-11-14-19-28(31(38)39)24-33(3,4)26-35-27(2)25-34-32(36-29-20-15-12-16-21-29)37-30-22-17-13-18-23-30/h26-30H,5-25H2,1-4H3,(H,38,39)(H2,34,36,37). The van der Waals surface area contributed by atoms with Crippen molar-refractivity contribution < 1.29 is 9.90 Å². The van der Waals surface area contributed by atoms with Gasteiger partial charge < -0.3 is 15.7 Å². The number of unbranched alkanes of at least 4 members (excludes halogenated alkanes) is 7. The highest BCUT2D eigenvalue weighted by molar-refractivity contribution is 5.80. The molecular weight excluding hydrogens is 484 g/mol. The maximum atomic E-state index is 12.0. The van der Waals surface area contributed by atoms with Crippen LogP contribution in [-0.2, 0) is 4.79 Å². The molecule has 2 aliphatic rings. The SMILES string of the molecule is CCCCCCCCCCC(CC(C)(C)C=NC(C)CNC(=NC1CCCCC1)NC1CCCCC1)C(=O)O. The fraction of sp³-hybridized carbons (Fsp3) is 0.909. The summed E-state index contributed by atoms with van der Waals surface area (Å²) in [6.45, 7) is 9.36. The van der Waals surface area contributed by atoms with Crippen molar-refractivity contribution in [2.45, 2.75) is 174 Å². The summed E-state index contributed by atoms with van der Waals surface area (Å²) in [6, 6.07) is 1.06. The molecule has 0 heterocycles. The molecule has 6 nitrogen and oxygen atoms in total. The van der Waals surface area contributed by atoms with E-state index in [2.05, 4.69) is 38.3 Å². The first-order valence-corrected chi connectivity index (χ1v) is 16.6. The molecule has 2 unspecified atom stereocenters. The van der Waals surface area contributed by atoms with Gasteiger partial charge >= 0.3 is 5.97 Å². The number of aliphatic imine (C=N–C) groups is 2. The highest BCUT2D eigenvalue weighted by atomic mass is 16.4. The van der Waals surface area contributed by atoms with E-state index in [1.165, 1.54) is 103 Å². The lowest BCUT2D eigenvalue weighted by Gasteiger charge is -2.27. The van der Waals surface area contributed by atoms with Crippen molar-refractivity contribution in [1.29, 1.82) is 0 Å². The molecule has 39 heavy (non-hydrogen) atoms. The zero-order chi connectivity index (χ0) is 28.3. The molecule has 0 aliphatic heterocycles. The predicted molar refractivity (Wildman–Crippen MR) is 167 cm³/mol. The molecule has 0 radical (unpaired) electrons. The van der Waals surface area contributed by atoms with E-state index in [0.29, 0.717) is 18.5 Å². The lowest BCUT2D eigenvalue weighted by Crippen LogP contribution is -2.46. The van der Waals surface area contributed by atoms with Crippen LogP contribution in [0.2, 0.25) is 0 Å². The number of aliphatic carboxylic acids is 1. The first-order chi connectivity index (χ1) is 18.8. The van der Waals surface area contributed by atoms with Crippen LogP contribution in [-0.4, -0.2) is 47.9 Å². The quantitative estimate of drug-likeness (QED) is 0.0917. The van der Waals surface area contributed by atoms with Crippen molar-refractivity contribution in [3.8, 4) is 0 Å². The number of carboxylic acid groups (broad SMARTS) is 1. The number of hydrogen-bond donors (Lipinski definition) is 3. The van der Waals surface area contributed by atoms with Crippen LogP contribution < -0.4 is 10.6 Å². The van der Waals surface area contributed by atoms with E-state index >= 15 is 0 Å². The Labute approximate surface area is 240 Å². The van der Waals surface area contributed by atoms with Gasteiger partial charge in [-0.3, -0.25) is 9.79 Å². The molecule has 0 aromatic carbocycles. The molecule has 0 saturated heterocycles. The van der Waals surface area contributed by atoms with Crippen LogP contribution in [0.1, 0.15) is 156 Å². The maximum Gasteiger partial charge on any atom is 0.306 e. The molecule has 2 atom stereocenters. The van der Waals surface area contributed by atoms with Crippen LogP contribution in [0.4, 0.5) is 0 Å². The molecular formula is C33H62N4O2. The summed E-state index contributed by atoms with van der Waals surface area (Å²) in [5.74, 6) is 0.00630. The van der Waals surface area contributed by atoms with Gasteiger partial charge in [-0.2, -0.15) is 0 Å². The third-order valence-electron chi connectivity index (χ3n) is 8.60. The minimum Gasteiger partial charge on any atom is -0.481 e. The molecule has 0 aromatic rings. The smallest absolute Gasteiger partial charge is 0.306 e. The first-order valence-electron chi connectivity index (χ1n) is 16.6. The molecule has 6 heteroatoms. The molecule has 226 valence electrons. The van der Waals surface area contributed by atoms with Crippen molar-refractivity contribution >= 4 is 18.1 Å². The molecule has 0 aromatic heterocycles. The lowest BCUT2D eigenvalue weighted by atomic mass is 9.81. The fourth-order valence-corrected chi connectivity index (χ4v) is 6.12. The van der Waals surface area contributed by atoms with E-state index in [1.807, 2.05) is 6.21 Å². The second-order valence-electron chi connectivity index (χ2n) is 13.2. The number of guanidine groups is 1. The Kier molecular flexibility index (Phi) is 16.8. The number of carboxylic acids is 1. The summed E-state index contributed by atoms with van der Waals surface area (Å²) in [4.78, 5) is 21.9. The van der Waals surface area contributed by atoms with Gasteiger partial charge in [0, 0.05) is 24.2 Å². The minimum atomic E-state index is -0.661. The average molecular weight is 547 g/mol. The third kappa shape index (κ3) is 15.7. The van der Waals surface area contributed by atoms with Crippen LogP contribution in [0.3, 0.4) is 0 Å². The molecule has 0 bridgehead atoms. The second-order valence-corrected chi connectivity index (χ2v) is 13.2. The monoisotopic (exact) mass is 546 g/mol. The van der Waals surface area contributed by atoms with Crippen LogP contribution in [0.5, 0.6) is 0 Å². The fourth-order valence-electron chi connectivity index (χ4n) is 6.12. The van der Waals surface area contributed by atoms with E-state index in [0.717, 1.165) is 31.8 Å². The Morgan fingerprint density at radius 3 is 2.13 bits per heavy atom. The number of nitrogens with zero attached hydrogens (tertiary/aromatic N) is 2. The number of hydrogen-bond acceptors (Lipinski definition) is 3. The Morgan fingerprint density at radius 2 is 1.51 bits per heavy atom. The van der Waals surface area contributed by atoms with E-state index < -0.39 is 5.97 Å². The van der Waals surface area contributed by atoms with Crippen molar-refractivity contribution in [3.63, 3.8) is 0 Å². The molecule has 0 spiro atoms. The van der Waals surface area contributed by atoms with Crippen LogP contribution in [0.15, 0.2) is 9.98 Å². The van der Waals surface area contributed by atoms with Crippen molar-refractivity contribution in [2.75, 3.05) is 6.54 Å². The van der Waals surface area contributed by atoms with Crippen LogP contribution in [0, 0.1) is 11.3 Å². The normalized spacial score (nSPS) is 19.7. The van der Waals surface area contributed by atoms with Gasteiger partial charge in [0.25, 0.3) is 0 Å². The Morgan fingerprint density at radius 1 is 0.923 bits per heavy atom. The molecule has 2 fully saturated rings. The van der Waals surface area contributed by atoms with Crippen molar-refractivity contribution in [3.05, 3.63) is 0 Å². The molecule has 2 saturated carbocycles. The van der Waals surface area contributed by atoms with Gasteiger partial charge in [-0.05, 0) is 45.4 Å². The first kappa shape index (κ1) is 33.6. The summed E-state index contributed by atoms with van der Waals surface area (Å²) >= 11 is 0. The summed E-state index contributed by atoms with van der Waals surface area (Å²) < 4.78 is 0. The molecule has 0 amide bonds. The molecule has 3 N–H and O–H groups in total. The largest absolute Gasteiger partial charge is 0.481 e. The molecule has 2 aliphatic carbocycles. The zero-order valence-corrected chi connectivity index (χ0v) is 26.0.